The summed E-state index contributed by atoms with van der Waals surface area (Å²) in [5, 5.41) is 19.7. The molecule has 0 saturated carbocycles. The fraction of sp³-hybridized carbons (Fsp3) is 0.625. The summed E-state index contributed by atoms with van der Waals surface area (Å²) in [6.07, 6.45) is 3.09. The van der Waals surface area contributed by atoms with Gasteiger partial charge in [-0.2, -0.15) is 0 Å². The SMILES string of the molecule is CCc1nc2c(c(O)c1C(=O)O)CC(C(C)(C)C)CC2. The first-order chi connectivity index (χ1) is 9.25. The third-order valence-corrected chi connectivity index (χ3v) is 4.38. The standard InChI is InChI=1S/C16H23NO3/c1-5-11-13(15(19)20)14(18)10-8-9(16(2,3)4)6-7-12(10)17-11/h9H,5-8H2,1-4H3,(H,17,18)(H,19,20). The van der Waals surface area contributed by atoms with Crippen molar-refractivity contribution in [2.24, 2.45) is 11.3 Å². The zero-order valence-electron chi connectivity index (χ0n) is 12.7. The summed E-state index contributed by atoms with van der Waals surface area (Å²) in [6.45, 7) is 8.42. The fourth-order valence-electron chi connectivity index (χ4n) is 3.01. The molecule has 0 aliphatic heterocycles. The number of aromatic nitrogens is 1. The first-order valence-corrected chi connectivity index (χ1v) is 7.22. The van der Waals surface area contributed by atoms with Crippen LogP contribution in [0.4, 0.5) is 0 Å². The molecule has 1 aromatic heterocycles. The van der Waals surface area contributed by atoms with Gasteiger partial charge in [0.2, 0.25) is 0 Å². The third kappa shape index (κ3) is 2.51. The van der Waals surface area contributed by atoms with E-state index in [1.54, 1.807) is 0 Å². The van der Waals surface area contributed by atoms with E-state index in [-0.39, 0.29) is 16.7 Å². The van der Waals surface area contributed by atoms with Crippen molar-refractivity contribution in [3.63, 3.8) is 0 Å². The minimum atomic E-state index is -1.09. The van der Waals surface area contributed by atoms with Gasteiger partial charge in [0.05, 0.1) is 5.69 Å². The maximum absolute atomic E-state index is 11.4. The van der Waals surface area contributed by atoms with Gasteiger partial charge in [0.15, 0.2) is 0 Å². The molecule has 0 bridgehead atoms. The molecular formula is C16H23NO3. The van der Waals surface area contributed by atoms with Gasteiger partial charge < -0.3 is 10.2 Å². The van der Waals surface area contributed by atoms with E-state index in [9.17, 15) is 15.0 Å². The van der Waals surface area contributed by atoms with E-state index in [2.05, 4.69) is 25.8 Å². The summed E-state index contributed by atoms with van der Waals surface area (Å²) in [5.41, 5.74) is 2.25. The lowest BCUT2D eigenvalue weighted by molar-refractivity contribution is 0.0691. The Morgan fingerprint density at radius 3 is 2.55 bits per heavy atom. The molecule has 4 heteroatoms. The lowest BCUT2D eigenvalue weighted by Gasteiger charge is -2.35. The van der Waals surface area contributed by atoms with Gasteiger partial charge in [-0.1, -0.05) is 27.7 Å². The number of carboxylic acid groups (broad SMARTS) is 1. The molecule has 1 aromatic rings. The van der Waals surface area contributed by atoms with E-state index in [4.69, 9.17) is 0 Å². The van der Waals surface area contributed by atoms with E-state index in [1.165, 1.54) is 0 Å². The number of fused-ring (bicyclic) bond motifs is 1. The number of carboxylic acids is 1. The molecule has 110 valence electrons. The molecule has 0 fully saturated rings. The zero-order valence-corrected chi connectivity index (χ0v) is 12.7. The van der Waals surface area contributed by atoms with Crippen LogP contribution in [0.1, 0.15) is 61.4 Å². The Labute approximate surface area is 119 Å². The van der Waals surface area contributed by atoms with Gasteiger partial charge in [-0.15, -0.1) is 0 Å². The Balaban J connectivity index is 2.52. The lowest BCUT2D eigenvalue weighted by Crippen LogP contribution is -2.28. The Hall–Kier alpha value is -1.58. The zero-order chi connectivity index (χ0) is 15.1. The van der Waals surface area contributed by atoms with Crippen LogP contribution in [-0.4, -0.2) is 21.2 Å². The molecule has 0 amide bonds. The average Bonchev–Trinajstić information content (AvgIpc) is 2.36. The smallest absolute Gasteiger partial charge is 0.341 e. The predicted molar refractivity (Wildman–Crippen MR) is 77.2 cm³/mol. The van der Waals surface area contributed by atoms with Crippen LogP contribution in [-0.2, 0) is 19.3 Å². The predicted octanol–water partition coefficient (Wildman–Crippen LogP) is 3.20. The van der Waals surface area contributed by atoms with Gasteiger partial charge in [-0.05, 0) is 37.0 Å². The summed E-state index contributed by atoms with van der Waals surface area (Å²) in [6, 6.07) is 0. The van der Waals surface area contributed by atoms with Crippen LogP contribution >= 0.6 is 0 Å². The fourth-order valence-corrected chi connectivity index (χ4v) is 3.01. The van der Waals surface area contributed by atoms with Crippen LogP contribution in [0.15, 0.2) is 0 Å². The van der Waals surface area contributed by atoms with Gasteiger partial charge in [-0.3, -0.25) is 4.98 Å². The topological polar surface area (TPSA) is 70.4 Å². The molecule has 2 rings (SSSR count). The van der Waals surface area contributed by atoms with Crippen molar-refractivity contribution in [2.45, 2.75) is 53.4 Å². The number of hydrogen-bond donors (Lipinski definition) is 2. The highest BCUT2D eigenvalue weighted by molar-refractivity contribution is 5.92. The summed E-state index contributed by atoms with van der Waals surface area (Å²) >= 11 is 0. The van der Waals surface area contributed by atoms with Crippen molar-refractivity contribution in [3.8, 4) is 5.75 Å². The maximum Gasteiger partial charge on any atom is 0.341 e. The number of aromatic hydroxyl groups is 1. The minimum Gasteiger partial charge on any atom is -0.507 e. The van der Waals surface area contributed by atoms with E-state index in [0.29, 0.717) is 24.5 Å². The van der Waals surface area contributed by atoms with Gasteiger partial charge in [-0.25, -0.2) is 4.79 Å². The molecule has 4 nitrogen and oxygen atoms in total. The molecule has 0 aromatic carbocycles. The van der Waals surface area contributed by atoms with Crippen molar-refractivity contribution in [2.75, 3.05) is 0 Å². The summed E-state index contributed by atoms with van der Waals surface area (Å²) in [4.78, 5) is 15.9. The maximum atomic E-state index is 11.4. The average molecular weight is 277 g/mol. The molecule has 2 N–H and O–H groups in total. The molecule has 0 saturated heterocycles. The summed E-state index contributed by atoms with van der Waals surface area (Å²) in [7, 11) is 0. The monoisotopic (exact) mass is 277 g/mol. The number of aromatic carboxylic acids is 1. The number of aryl methyl sites for hydroxylation is 2. The third-order valence-electron chi connectivity index (χ3n) is 4.38. The molecule has 0 radical (unpaired) electrons. The van der Waals surface area contributed by atoms with Crippen molar-refractivity contribution in [3.05, 3.63) is 22.5 Å². The molecule has 0 spiro atoms. The van der Waals surface area contributed by atoms with Crippen LogP contribution in [0.2, 0.25) is 0 Å². The van der Waals surface area contributed by atoms with Crippen molar-refractivity contribution < 1.29 is 15.0 Å². The Kier molecular flexibility index (Phi) is 3.76. The molecule has 1 heterocycles. The molecular weight excluding hydrogens is 254 g/mol. The highest BCUT2D eigenvalue weighted by atomic mass is 16.4. The van der Waals surface area contributed by atoms with E-state index in [1.807, 2.05) is 6.92 Å². The summed E-state index contributed by atoms with van der Waals surface area (Å²) in [5.74, 6) is -0.711. The number of rotatable bonds is 2. The minimum absolute atomic E-state index is 0.0131. The number of carbonyl (C=O) groups is 1. The van der Waals surface area contributed by atoms with Crippen molar-refractivity contribution in [1.82, 2.24) is 4.98 Å². The van der Waals surface area contributed by atoms with Gasteiger partial charge in [0.25, 0.3) is 0 Å². The van der Waals surface area contributed by atoms with Crippen LogP contribution in [0.25, 0.3) is 0 Å². The van der Waals surface area contributed by atoms with Crippen LogP contribution in [0, 0.1) is 11.3 Å². The Bertz CT molecular complexity index is 544. The van der Waals surface area contributed by atoms with E-state index >= 15 is 0 Å². The van der Waals surface area contributed by atoms with Crippen LogP contribution in [0.5, 0.6) is 5.75 Å². The molecule has 1 aliphatic carbocycles. The number of hydrogen-bond acceptors (Lipinski definition) is 3. The van der Waals surface area contributed by atoms with Gasteiger partial charge in [0.1, 0.15) is 11.3 Å². The quantitative estimate of drug-likeness (QED) is 0.871. The van der Waals surface area contributed by atoms with Gasteiger partial charge >= 0.3 is 5.97 Å². The molecule has 1 atom stereocenters. The second-order valence-corrected chi connectivity index (χ2v) is 6.67. The highest BCUT2D eigenvalue weighted by Gasteiger charge is 2.33. The Morgan fingerprint density at radius 2 is 2.05 bits per heavy atom. The first kappa shape index (κ1) is 14.8. The van der Waals surface area contributed by atoms with Crippen LogP contribution in [0.3, 0.4) is 0 Å². The summed E-state index contributed by atoms with van der Waals surface area (Å²) < 4.78 is 0. The molecule has 1 unspecified atom stereocenters. The Morgan fingerprint density at radius 1 is 1.40 bits per heavy atom. The molecule has 20 heavy (non-hydrogen) atoms. The number of pyridine rings is 1. The lowest BCUT2D eigenvalue weighted by atomic mass is 9.71. The largest absolute Gasteiger partial charge is 0.507 e. The van der Waals surface area contributed by atoms with Crippen LogP contribution < -0.4 is 0 Å². The highest BCUT2D eigenvalue weighted by Crippen LogP contribution is 2.41. The van der Waals surface area contributed by atoms with E-state index < -0.39 is 5.97 Å². The van der Waals surface area contributed by atoms with Gasteiger partial charge in [0, 0.05) is 11.3 Å². The second kappa shape index (κ2) is 5.08. The van der Waals surface area contributed by atoms with Crippen molar-refractivity contribution >= 4 is 5.97 Å². The molecule has 1 aliphatic rings. The first-order valence-electron chi connectivity index (χ1n) is 7.22. The van der Waals surface area contributed by atoms with E-state index in [0.717, 1.165) is 24.1 Å². The van der Waals surface area contributed by atoms with Crippen molar-refractivity contribution in [1.29, 1.82) is 0 Å². The number of nitrogens with zero attached hydrogens (tertiary/aromatic N) is 1. The normalized spacial score (nSPS) is 18.7. The second-order valence-electron chi connectivity index (χ2n) is 6.67.